The zero-order valence-electron chi connectivity index (χ0n) is 22.6. The second-order valence-electron chi connectivity index (χ2n) is 10.1. The molecule has 5 aromatic rings. The van der Waals surface area contributed by atoms with Crippen LogP contribution in [0.1, 0.15) is 36.8 Å². The fraction of sp³-hybridized carbons (Fsp3) is 0.300. The van der Waals surface area contributed by atoms with Crippen molar-refractivity contribution in [2.75, 3.05) is 28.4 Å². The van der Waals surface area contributed by atoms with Crippen molar-refractivity contribution in [2.24, 2.45) is 0 Å². The summed E-state index contributed by atoms with van der Waals surface area (Å²) in [6, 6.07) is 2.45. The van der Waals surface area contributed by atoms with Crippen LogP contribution in [0, 0.1) is 0 Å². The first-order chi connectivity index (χ1) is 19.0. The van der Waals surface area contributed by atoms with Gasteiger partial charge in [-0.05, 0) is 24.6 Å². The maximum absolute atomic E-state index is 13.5. The Morgan fingerprint density at radius 3 is 1.50 bits per heavy atom. The monoisotopic (exact) mass is 546 g/mol. The quantitative estimate of drug-likeness (QED) is 0.213. The van der Waals surface area contributed by atoms with Crippen LogP contribution in [-0.2, 0) is 4.79 Å². The number of methoxy groups -OCH3 is 4. The molecule has 0 saturated heterocycles. The molecule has 0 aromatic heterocycles. The molecule has 40 heavy (non-hydrogen) atoms. The number of carbonyl (C=O) groups is 1. The highest BCUT2D eigenvalue weighted by molar-refractivity contribution is 6.39. The minimum atomic E-state index is -1.16. The molecule has 0 unspecified atom stereocenters. The number of ether oxygens (including phenoxy) is 4. The molecular weight excluding hydrogens is 520 g/mol. The summed E-state index contributed by atoms with van der Waals surface area (Å²) in [4.78, 5) is 40.4. The Morgan fingerprint density at radius 1 is 0.700 bits per heavy atom. The molecule has 0 bridgehead atoms. The largest absolute Gasteiger partial charge is 0.504 e. The van der Waals surface area contributed by atoms with E-state index in [0.717, 1.165) is 0 Å². The van der Waals surface area contributed by atoms with Gasteiger partial charge in [0.05, 0.1) is 51.2 Å². The zero-order valence-corrected chi connectivity index (χ0v) is 22.6. The Hall–Kier alpha value is -4.57. The number of phenolic OH excluding ortho intramolecular Hbond substituents is 2. The maximum atomic E-state index is 13.5. The molecule has 0 fully saturated rings. The van der Waals surface area contributed by atoms with Gasteiger partial charge in [0.1, 0.15) is 17.3 Å². The number of aliphatic hydroxyl groups excluding tert-OH is 1. The van der Waals surface area contributed by atoms with Gasteiger partial charge in [-0.25, -0.2) is 0 Å². The molecule has 6 rings (SSSR count). The fourth-order valence-electron chi connectivity index (χ4n) is 6.91. The number of fused-ring (bicyclic) bond motifs is 1. The summed E-state index contributed by atoms with van der Waals surface area (Å²) in [7, 11) is 5.40. The molecule has 0 radical (unpaired) electrons. The van der Waals surface area contributed by atoms with Crippen molar-refractivity contribution in [2.45, 2.75) is 31.8 Å². The molecule has 0 spiro atoms. The minimum absolute atomic E-state index is 0.0675. The van der Waals surface area contributed by atoms with Gasteiger partial charge in [0.15, 0.2) is 33.9 Å². The van der Waals surface area contributed by atoms with Crippen molar-refractivity contribution in [3.63, 3.8) is 0 Å². The van der Waals surface area contributed by atoms with Gasteiger partial charge in [0.2, 0.25) is 0 Å². The van der Waals surface area contributed by atoms with Crippen LogP contribution in [0.3, 0.4) is 0 Å². The average molecular weight is 547 g/mol. The first kappa shape index (κ1) is 25.7. The normalized spacial score (nSPS) is 17.3. The van der Waals surface area contributed by atoms with E-state index in [0.29, 0.717) is 27.1 Å². The number of rotatable bonds is 6. The second kappa shape index (κ2) is 8.46. The summed E-state index contributed by atoms with van der Waals surface area (Å²) in [6.45, 7) is 2.86. The zero-order chi connectivity index (χ0) is 28.9. The lowest BCUT2D eigenvalue weighted by molar-refractivity contribution is -0.119. The molecule has 206 valence electrons. The third kappa shape index (κ3) is 2.83. The van der Waals surface area contributed by atoms with E-state index in [9.17, 15) is 29.7 Å². The Balaban J connectivity index is 2.19. The van der Waals surface area contributed by atoms with Crippen molar-refractivity contribution in [3.05, 3.63) is 43.7 Å². The van der Waals surface area contributed by atoms with Gasteiger partial charge in [0, 0.05) is 50.7 Å². The molecule has 1 aliphatic rings. The Morgan fingerprint density at radius 2 is 1.12 bits per heavy atom. The molecule has 1 aliphatic carbocycles. The van der Waals surface area contributed by atoms with Gasteiger partial charge < -0.3 is 34.3 Å². The minimum Gasteiger partial charge on any atom is -0.504 e. The number of hydrogen-bond acceptors (Lipinski definition) is 10. The van der Waals surface area contributed by atoms with Crippen molar-refractivity contribution in [1.29, 1.82) is 0 Å². The van der Waals surface area contributed by atoms with E-state index < -0.39 is 40.3 Å². The smallest absolute Gasteiger partial charge is 0.194 e. The number of phenols is 2. The van der Waals surface area contributed by atoms with Gasteiger partial charge in [-0.2, -0.15) is 0 Å². The van der Waals surface area contributed by atoms with E-state index in [2.05, 4.69) is 0 Å². The number of ketones is 1. The number of aromatic hydroxyl groups is 2. The molecule has 0 amide bonds. The summed E-state index contributed by atoms with van der Waals surface area (Å²) in [5.41, 5.74) is -0.568. The van der Waals surface area contributed by atoms with Crippen LogP contribution in [0.4, 0.5) is 0 Å². The number of Topliss-reactive ketones (excluding diaryl/α,β-unsaturated/α-hetero) is 1. The Bertz CT molecular complexity index is 2030. The number of carbonyl (C=O) groups excluding carboxylic acids is 1. The molecule has 5 aromatic carbocycles. The first-order valence-corrected chi connectivity index (χ1v) is 12.5. The molecule has 0 aliphatic heterocycles. The summed E-state index contributed by atoms with van der Waals surface area (Å²) in [5, 5.41) is 36.0. The summed E-state index contributed by atoms with van der Waals surface area (Å²) < 4.78 is 22.6. The van der Waals surface area contributed by atoms with E-state index in [1.807, 2.05) is 0 Å². The van der Waals surface area contributed by atoms with E-state index in [4.69, 9.17) is 18.9 Å². The third-order valence-corrected chi connectivity index (χ3v) is 8.25. The topological polar surface area (TPSA) is 149 Å². The lowest BCUT2D eigenvalue weighted by atomic mass is 9.67. The van der Waals surface area contributed by atoms with E-state index in [1.54, 1.807) is 0 Å². The highest BCUT2D eigenvalue weighted by atomic mass is 16.5. The Kier molecular flexibility index (Phi) is 5.44. The van der Waals surface area contributed by atoms with Crippen LogP contribution >= 0.6 is 0 Å². The van der Waals surface area contributed by atoms with Gasteiger partial charge >= 0.3 is 0 Å². The van der Waals surface area contributed by atoms with Gasteiger partial charge in [-0.1, -0.05) is 0 Å². The summed E-state index contributed by atoms with van der Waals surface area (Å²) >= 11 is 0. The van der Waals surface area contributed by atoms with Crippen molar-refractivity contribution >= 4 is 48.9 Å². The van der Waals surface area contributed by atoms with E-state index in [1.165, 1.54) is 54.4 Å². The number of aliphatic hydroxyl groups is 1. The van der Waals surface area contributed by atoms with Crippen molar-refractivity contribution < 1.29 is 39.1 Å². The van der Waals surface area contributed by atoms with E-state index in [-0.39, 0.29) is 55.9 Å². The highest BCUT2D eigenvalue weighted by Gasteiger charge is 2.46. The van der Waals surface area contributed by atoms with Crippen LogP contribution in [0.2, 0.25) is 0 Å². The molecule has 10 heteroatoms. The van der Waals surface area contributed by atoms with Crippen molar-refractivity contribution in [1.82, 2.24) is 0 Å². The molecule has 0 saturated carbocycles. The SMILES string of the molecule is COc1c(O)c2c(=O)cc(OC)c3c4c(OC)cc(=O)c5c(O)c(OC)c6c(c(c1[C@@H]([C@@H](C)O)[C@@H]6C(C)=O)c23)c54. The van der Waals surface area contributed by atoms with Crippen LogP contribution in [0.5, 0.6) is 34.5 Å². The van der Waals surface area contributed by atoms with Gasteiger partial charge in [-0.15, -0.1) is 0 Å². The standard InChI is InChI=1S/C30H26O10/c1-9(31)15-16(10(2)32)26-24-22-18(28(36)30(26)40-6)12(34)8-14(38-4)20(22)19-13(37-3)7-11(33)17-21(19)23(24)25(15)29(39-5)27(17)35/h7-9,15-16,31,35-36H,1-6H3/t9-,15+,16+/m1/s1. The van der Waals surface area contributed by atoms with Crippen LogP contribution in [0.15, 0.2) is 21.7 Å². The predicted molar refractivity (Wildman–Crippen MR) is 149 cm³/mol. The third-order valence-electron chi connectivity index (χ3n) is 8.25. The molecule has 0 heterocycles. The average Bonchev–Trinajstić information content (AvgIpc) is 2.91. The van der Waals surface area contributed by atoms with Crippen LogP contribution in [-0.4, -0.2) is 55.6 Å². The number of hydrogen-bond donors (Lipinski definition) is 3. The lowest BCUT2D eigenvalue weighted by Gasteiger charge is -2.37. The second-order valence-corrected chi connectivity index (χ2v) is 10.1. The molecule has 3 N–H and O–H groups in total. The summed E-state index contributed by atoms with van der Waals surface area (Å²) in [6.07, 6.45) is -1.16. The summed E-state index contributed by atoms with van der Waals surface area (Å²) in [5.74, 6) is -3.22. The number of benzene rings is 5. The van der Waals surface area contributed by atoms with Crippen LogP contribution < -0.4 is 29.8 Å². The van der Waals surface area contributed by atoms with Crippen molar-refractivity contribution in [3.8, 4) is 34.5 Å². The highest BCUT2D eigenvalue weighted by Crippen LogP contribution is 2.62. The molecular formula is C30H26O10. The Labute approximate surface area is 226 Å². The maximum Gasteiger partial charge on any atom is 0.194 e. The fourth-order valence-corrected chi connectivity index (χ4v) is 6.91. The molecule has 3 atom stereocenters. The first-order valence-electron chi connectivity index (χ1n) is 12.5. The van der Waals surface area contributed by atoms with Gasteiger partial charge in [0.25, 0.3) is 0 Å². The van der Waals surface area contributed by atoms with E-state index >= 15 is 0 Å². The predicted octanol–water partition coefficient (Wildman–Crippen LogP) is 3.49. The lowest BCUT2D eigenvalue weighted by Crippen LogP contribution is -2.30. The van der Waals surface area contributed by atoms with Crippen LogP contribution in [0.25, 0.3) is 43.1 Å². The molecule has 10 nitrogen and oxygen atoms in total. The van der Waals surface area contributed by atoms with Gasteiger partial charge in [-0.3, -0.25) is 14.4 Å².